The molecule has 0 radical (unpaired) electrons. The fourth-order valence-corrected chi connectivity index (χ4v) is 6.02. The molecule has 0 aliphatic carbocycles. The van der Waals surface area contributed by atoms with Crippen molar-refractivity contribution in [2.45, 2.75) is 84.0 Å². The van der Waals surface area contributed by atoms with Gasteiger partial charge in [0.15, 0.2) is 0 Å². The van der Waals surface area contributed by atoms with Gasteiger partial charge in [0, 0.05) is 0 Å². The number of hydrogen-bond acceptors (Lipinski definition) is 3. The minimum absolute atomic E-state index is 0.185. The molecule has 0 atom stereocenters. The molecule has 0 saturated carbocycles. The van der Waals surface area contributed by atoms with Crippen LogP contribution in [0.15, 0.2) is 54.6 Å². The molecule has 2 aromatic rings. The van der Waals surface area contributed by atoms with Crippen molar-refractivity contribution in [3.8, 4) is 0 Å². The van der Waals surface area contributed by atoms with Gasteiger partial charge < -0.3 is 0 Å². The average molecular weight is 419 g/mol. The molecule has 2 rings (SSSR count). The van der Waals surface area contributed by atoms with Gasteiger partial charge in [-0.2, -0.15) is 0 Å². The molecule has 3 nitrogen and oxygen atoms in total. The van der Waals surface area contributed by atoms with Gasteiger partial charge in [-0.1, -0.05) is 19.8 Å². The predicted octanol–water partition coefficient (Wildman–Crippen LogP) is 5.77. The maximum absolute atomic E-state index is 10.9. The third kappa shape index (κ3) is 7.50. The monoisotopic (exact) mass is 418 g/mol. The summed E-state index contributed by atoms with van der Waals surface area (Å²) in [4.78, 5) is 32.8. The summed E-state index contributed by atoms with van der Waals surface area (Å²) in [7, 11) is -5.09. The van der Waals surface area contributed by atoms with Gasteiger partial charge in [-0.05, 0) is 0 Å². The Hall–Kier alpha value is -1.25. The van der Waals surface area contributed by atoms with Crippen LogP contribution in [0.25, 0.3) is 0 Å². The molecule has 0 aromatic heterocycles. The third-order valence-electron chi connectivity index (χ3n) is 5.72. The van der Waals surface area contributed by atoms with E-state index in [2.05, 4.69) is 6.92 Å². The van der Waals surface area contributed by atoms with Crippen LogP contribution in [0.5, 0.6) is 0 Å². The van der Waals surface area contributed by atoms with E-state index in [9.17, 15) is 14.7 Å². The van der Waals surface area contributed by atoms with E-state index >= 15 is 0 Å². The maximum atomic E-state index is 10.9. The topological polar surface area (TPSA) is 60.7 Å². The Kier molecular flexibility index (Phi) is 9.79. The van der Waals surface area contributed by atoms with Crippen LogP contribution in [-0.2, 0) is 6.42 Å². The van der Waals surface area contributed by atoms with Gasteiger partial charge >= 0.3 is 157 Å². The molecule has 0 aliphatic heterocycles. The van der Waals surface area contributed by atoms with Crippen molar-refractivity contribution in [2.75, 3.05) is 0 Å². The second kappa shape index (κ2) is 11.8. The standard InChI is InChI=1S/C25H39O3P/c1-2-3-4-5-6-7-8-9-10-11-13-18-23-19-16-17-22-25(23)29(26,27,28)24-20-14-12-15-21-24/h12,14-17,19-22,26-28H,2-11,13,18H2,1H3. The fourth-order valence-electron chi connectivity index (χ4n) is 3.95. The first-order valence-electron chi connectivity index (χ1n) is 11.3. The number of hydrogen-bond donors (Lipinski definition) is 3. The van der Waals surface area contributed by atoms with Gasteiger partial charge in [-0.15, -0.1) is 0 Å². The molecule has 0 saturated heterocycles. The van der Waals surface area contributed by atoms with E-state index in [1.54, 1.807) is 42.5 Å². The van der Waals surface area contributed by atoms with Crippen LogP contribution in [0, 0.1) is 0 Å². The summed E-state index contributed by atoms with van der Waals surface area (Å²) >= 11 is 0. The fraction of sp³-hybridized carbons (Fsp3) is 0.520. The zero-order valence-corrected chi connectivity index (χ0v) is 18.9. The Morgan fingerprint density at radius 2 is 1.07 bits per heavy atom. The summed E-state index contributed by atoms with van der Waals surface area (Å²) in [5, 5.41) is 0.460. The van der Waals surface area contributed by atoms with Gasteiger partial charge in [-0.25, -0.2) is 0 Å². The van der Waals surface area contributed by atoms with Crippen molar-refractivity contribution in [2.24, 2.45) is 0 Å². The van der Waals surface area contributed by atoms with Gasteiger partial charge in [0.25, 0.3) is 0 Å². The Bertz CT molecular complexity index is 707. The first-order chi connectivity index (χ1) is 13.9. The van der Waals surface area contributed by atoms with Crippen molar-refractivity contribution in [1.29, 1.82) is 0 Å². The van der Waals surface area contributed by atoms with Crippen LogP contribution in [0.3, 0.4) is 0 Å². The summed E-state index contributed by atoms with van der Waals surface area (Å²) in [5.41, 5.74) is 0.831. The van der Waals surface area contributed by atoms with E-state index < -0.39 is 7.28 Å². The zero-order valence-electron chi connectivity index (χ0n) is 18.0. The van der Waals surface area contributed by atoms with E-state index in [1.165, 1.54) is 57.8 Å². The van der Waals surface area contributed by atoms with E-state index in [0.717, 1.165) is 24.8 Å². The van der Waals surface area contributed by atoms with Crippen molar-refractivity contribution >= 4 is 17.9 Å². The zero-order chi connectivity index (χ0) is 21.0. The summed E-state index contributed by atoms with van der Waals surface area (Å²) in [6, 6.07) is 15.6. The molecule has 0 bridgehead atoms. The van der Waals surface area contributed by atoms with Gasteiger partial charge in [0.2, 0.25) is 0 Å². The second-order valence-corrected chi connectivity index (χ2v) is 11.2. The Labute approximate surface area is 177 Å². The predicted molar refractivity (Wildman–Crippen MR) is 126 cm³/mol. The molecule has 0 aliphatic rings. The first kappa shape index (κ1) is 24.0. The molecule has 0 heterocycles. The number of unbranched alkanes of at least 4 members (excludes halogenated alkanes) is 10. The van der Waals surface area contributed by atoms with Crippen LogP contribution >= 0.6 is 7.28 Å². The quantitative estimate of drug-likeness (QED) is 0.270. The molecule has 4 heteroatoms. The van der Waals surface area contributed by atoms with Crippen LogP contribution in [-0.4, -0.2) is 14.7 Å². The number of benzene rings is 2. The summed E-state index contributed by atoms with van der Waals surface area (Å²) in [6.07, 6.45) is 14.8. The molecule has 3 N–H and O–H groups in total. The normalized spacial score (nSPS) is 13.2. The van der Waals surface area contributed by atoms with Crippen LogP contribution in [0.4, 0.5) is 0 Å². The average Bonchev–Trinajstić information content (AvgIpc) is 2.72. The Morgan fingerprint density at radius 1 is 0.586 bits per heavy atom. The molecule has 0 fully saturated rings. The summed E-state index contributed by atoms with van der Waals surface area (Å²) < 4.78 is 0. The van der Waals surface area contributed by atoms with Gasteiger partial charge in [0.05, 0.1) is 0 Å². The second-order valence-electron chi connectivity index (χ2n) is 8.23. The molecule has 0 amide bonds. The van der Waals surface area contributed by atoms with Crippen molar-refractivity contribution in [3.63, 3.8) is 0 Å². The molecule has 0 spiro atoms. The first-order valence-corrected chi connectivity index (χ1v) is 13.4. The Balaban J connectivity index is 1.80. The van der Waals surface area contributed by atoms with Crippen molar-refractivity contribution in [1.82, 2.24) is 0 Å². The van der Waals surface area contributed by atoms with E-state index in [-0.39, 0.29) is 10.6 Å². The third-order valence-corrected chi connectivity index (χ3v) is 8.29. The van der Waals surface area contributed by atoms with Crippen molar-refractivity contribution < 1.29 is 14.7 Å². The van der Waals surface area contributed by atoms with Crippen LogP contribution in [0.2, 0.25) is 0 Å². The Morgan fingerprint density at radius 3 is 1.66 bits per heavy atom. The molecule has 0 unspecified atom stereocenters. The van der Waals surface area contributed by atoms with Crippen LogP contribution < -0.4 is 10.6 Å². The van der Waals surface area contributed by atoms with Crippen LogP contribution in [0.1, 0.15) is 83.1 Å². The number of aryl methyl sites for hydroxylation is 1. The summed E-state index contributed by atoms with van der Waals surface area (Å²) in [5.74, 6) is 0. The molecule has 29 heavy (non-hydrogen) atoms. The van der Waals surface area contributed by atoms with Crippen molar-refractivity contribution in [3.05, 3.63) is 60.2 Å². The summed E-state index contributed by atoms with van der Waals surface area (Å²) in [6.45, 7) is 2.25. The van der Waals surface area contributed by atoms with E-state index in [0.29, 0.717) is 0 Å². The molecular weight excluding hydrogens is 379 g/mol. The molecule has 162 valence electrons. The van der Waals surface area contributed by atoms with E-state index in [4.69, 9.17) is 0 Å². The molecular formula is C25H39O3P. The SMILES string of the molecule is CCCCCCCCCCCCCc1ccccc1P(O)(O)(O)c1ccccc1. The van der Waals surface area contributed by atoms with E-state index in [1.807, 2.05) is 12.1 Å². The van der Waals surface area contributed by atoms with Gasteiger partial charge in [-0.3, -0.25) is 0 Å². The number of rotatable bonds is 14. The molecule has 2 aromatic carbocycles. The minimum atomic E-state index is -5.09. The van der Waals surface area contributed by atoms with Gasteiger partial charge in [0.1, 0.15) is 0 Å².